The predicted octanol–water partition coefficient (Wildman–Crippen LogP) is 5.03. The molecule has 0 saturated heterocycles. The number of amides is 1. The molecule has 3 rings (SSSR count). The SMILES string of the molecule is Cc1cc(C)c(NC(=O)c2ccc(S(=O)(=O)N(C)c3ccccc3)cc2)c(Cl)c1. The molecule has 3 aromatic carbocycles. The van der Waals surface area contributed by atoms with Gasteiger partial charge in [-0.15, -0.1) is 0 Å². The fraction of sp³-hybridized carbons (Fsp3) is 0.136. The summed E-state index contributed by atoms with van der Waals surface area (Å²) < 4.78 is 26.9. The van der Waals surface area contributed by atoms with Gasteiger partial charge in [-0.2, -0.15) is 0 Å². The second-order valence-corrected chi connectivity index (χ2v) is 9.10. The van der Waals surface area contributed by atoms with Gasteiger partial charge in [0.15, 0.2) is 0 Å². The second kappa shape index (κ2) is 8.27. The van der Waals surface area contributed by atoms with Gasteiger partial charge >= 0.3 is 0 Å². The lowest BCUT2D eigenvalue weighted by Crippen LogP contribution is -2.26. The van der Waals surface area contributed by atoms with Crippen LogP contribution in [-0.4, -0.2) is 21.4 Å². The van der Waals surface area contributed by atoms with Crippen LogP contribution in [-0.2, 0) is 10.0 Å². The minimum absolute atomic E-state index is 0.102. The van der Waals surface area contributed by atoms with Crippen LogP contribution in [0.4, 0.5) is 11.4 Å². The molecule has 0 unspecified atom stereocenters. The molecule has 150 valence electrons. The van der Waals surface area contributed by atoms with Crippen molar-refractivity contribution in [3.63, 3.8) is 0 Å². The first-order valence-corrected chi connectivity index (χ1v) is 10.7. The molecule has 29 heavy (non-hydrogen) atoms. The fourth-order valence-electron chi connectivity index (χ4n) is 2.97. The van der Waals surface area contributed by atoms with E-state index in [0.717, 1.165) is 11.1 Å². The summed E-state index contributed by atoms with van der Waals surface area (Å²) in [5, 5.41) is 3.26. The first-order chi connectivity index (χ1) is 13.7. The number of sulfonamides is 1. The van der Waals surface area contributed by atoms with Gasteiger partial charge in [-0.3, -0.25) is 9.10 Å². The Morgan fingerprint density at radius 2 is 1.59 bits per heavy atom. The zero-order valence-electron chi connectivity index (χ0n) is 16.3. The smallest absolute Gasteiger partial charge is 0.264 e. The average Bonchev–Trinajstić information content (AvgIpc) is 2.70. The summed E-state index contributed by atoms with van der Waals surface area (Å²) in [6, 6.07) is 18.3. The Kier molecular flexibility index (Phi) is 5.96. The molecule has 5 nitrogen and oxygen atoms in total. The van der Waals surface area contributed by atoms with Gasteiger partial charge in [0.1, 0.15) is 0 Å². The third-order valence-electron chi connectivity index (χ3n) is 4.56. The van der Waals surface area contributed by atoms with E-state index >= 15 is 0 Å². The third-order valence-corrected chi connectivity index (χ3v) is 6.66. The molecule has 0 aliphatic rings. The normalized spacial score (nSPS) is 11.2. The van der Waals surface area contributed by atoms with E-state index in [0.29, 0.717) is 22.0 Å². The van der Waals surface area contributed by atoms with Gasteiger partial charge in [0, 0.05) is 12.6 Å². The van der Waals surface area contributed by atoms with Crippen LogP contribution < -0.4 is 9.62 Å². The molecule has 0 heterocycles. The molecule has 0 radical (unpaired) electrons. The maximum absolute atomic E-state index is 12.8. The Bertz CT molecular complexity index is 1120. The largest absolute Gasteiger partial charge is 0.320 e. The van der Waals surface area contributed by atoms with Crippen molar-refractivity contribution in [2.45, 2.75) is 18.7 Å². The van der Waals surface area contributed by atoms with Gasteiger partial charge in [-0.05, 0) is 67.4 Å². The lowest BCUT2D eigenvalue weighted by Gasteiger charge is -2.19. The van der Waals surface area contributed by atoms with Crippen molar-refractivity contribution in [3.8, 4) is 0 Å². The Morgan fingerprint density at radius 3 is 2.17 bits per heavy atom. The lowest BCUT2D eigenvalue weighted by molar-refractivity contribution is 0.102. The number of rotatable bonds is 5. The van der Waals surface area contributed by atoms with E-state index in [1.807, 2.05) is 26.0 Å². The number of halogens is 1. The highest BCUT2D eigenvalue weighted by Gasteiger charge is 2.21. The topological polar surface area (TPSA) is 66.5 Å². The zero-order valence-corrected chi connectivity index (χ0v) is 17.9. The van der Waals surface area contributed by atoms with Crippen LogP contribution in [0.1, 0.15) is 21.5 Å². The number of aryl methyl sites for hydroxylation is 2. The van der Waals surface area contributed by atoms with Gasteiger partial charge in [0.25, 0.3) is 15.9 Å². The van der Waals surface area contributed by atoms with Crippen LogP contribution in [0, 0.1) is 13.8 Å². The molecule has 0 aliphatic carbocycles. The Labute approximate surface area is 176 Å². The van der Waals surface area contributed by atoms with Crippen molar-refractivity contribution < 1.29 is 13.2 Å². The monoisotopic (exact) mass is 428 g/mol. The highest BCUT2D eigenvalue weighted by Crippen LogP contribution is 2.28. The van der Waals surface area contributed by atoms with E-state index in [1.54, 1.807) is 30.3 Å². The summed E-state index contributed by atoms with van der Waals surface area (Å²) in [5.41, 5.74) is 3.29. The number of para-hydroxylation sites is 1. The summed E-state index contributed by atoms with van der Waals surface area (Å²) >= 11 is 6.24. The van der Waals surface area contributed by atoms with Gasteiger partial charge in [0.2, 0.25) is 0 Å². The number of benzene rings is 3. The molecule has 3 aromatic rings. The number of anilines is 2. The maximum atomic E-state index is 12.8. The van der Waals surface area contributed by atoms with Crippen LogP contribution in [0.5, 0.6) is 0 Å². The predicted molar refractivity (Wildman–Crippen MR) is 117 cm³/mol. The molecule has 0 bridgehead atoms. The maximum Gasteiger partial charge on any atom is 0.264 e. The number of carbonyl (C=O) groups excluding carboxylic acids is 1. The number of hydrogen-bond donors (Lipinski definition) is 1. The average molecular weight is 429 g/mol. The van der Waals surface area contributed by atoms with Crippen molar-refractivity contribution >= 4 is 38.9 Å². The van der Waals surface area contributed by atoms with E-state index < -0.39 is 10.0 Å². The molecular weight excluding hydrogens is 408 g/mol. The van der Waals surface area contributed by atoms with E-state index in [2.05, 4.69) is 5.32 Å². The van der Waals surface area contributed by atoms with Crippen LogP contribution in [0.3, 0.4) is 0 Å². The highest BCUT2D eigenvalue weighted by molar-refractivity contribution is 7.92. The number of carbonyl (C=O) groups is 1. The highest BCUT2D eigenvalue weighted by atomic mass is 35.5. The standard InChI is InChI=1S/C22H21ClN2O3S/c1-15-13-16(2)21(20(23)14-15)24-22(26)17-9-11-19(12-10-17)29(27,28)25(3)18-7-5-4-6-8-18/h4-14H,1-3H3,(H,24,26). The lowest BCUT2D eigenvalue weighted by atomic mass is 10.1. The summed E-state index contributed by atoms with van der Waals surface area (Å²) in [4.78, 5) is 12.7. The molecule has 7 heteroatoms. The zero-order chi connectivity index (χ0) is 21.2. The first kappa shape index (κ1) is 20.9. The second-order valence-electron chi connectivity index (χ2n) is 6.73. The summed E-state index contributed by atoms with van der Waals surface area (Å²) in [5.74, 6) is -0.362. The number of hydrogen-bond acceptors (Lipinski definition) is 3. The van der Waals surface area contributed by atoms with E-state index in [1.165, 1.54) is 35.6 Å². The van der Waals surface area contributed by atoms with Crippen molar-refractivity contribution in [1.29, 1.82) is 0 Å². The number of nitrogens with zero attached hydrogens (tertiary/aromatic N) is 1. The van der Waals surface area contributed by atoms with E-state index in [9.17, 15) is 13.2 Å². The molecule has 0 fully saturated rings. The molecule has 1 N–H and O–H groups in total. The van der Waals surface area contributed by atoms with Crippen molar-refractivity contribution in [2.24, 2.45) is 0 Å². The van der Waals surface area contributed by atoms with E-state index in [-0.39, 0.29) is 10.8 Å². The quantitative estimate of drug-likeness (QED) is 0.619. The summed E-state index contributed by atoms with van der Waals surface area (Å²) in [7, 11) is -2.24. The van der Waals surface area contributed by atoms with Crippen molar-refractivity contribution in [3.05, 3.63) is 88.4 Å². The van der Waals surface area contributed by atoms with Crippen LogP contribution >= 0.6 is 11.6 Å². The minimum atomic E-state index is -3.73. The molecule has 0 spiro atoms. The fourth-order valence-corrected chi connectivity index (χ4v) is 4.54. The van der Waals surface area contributed by atoms with Crippen LogP contribution in [0.25, 0.3) is 0 Å². The van der Waals surface area contributed by atoms with Crippen molar-refractivity contribution in [1.82, 2.24) is 0 Å². The Hall–Kier alpha value is -2.83. The van der Waals surface area contributed by atoms with E-state index in [4.69, 9.17) is 11.6 Å². The van der Waals surface area contributed by atoms with Gasteiger partial charge in [-0.1, -0.05) is 35.9 Å². The first-order valence-electron chi connectivity index (χ1n) is 8.92. The number of nitrogens with one attached hydrogen (secondary N) is 1. The van der Waals surface area contributed by atoms with Gasteiger partial charge in [-0.25, -0.2) is 8.42 Å². The van der Waals surface area contributed by atoms with Gasteiger partial charge < -0.3 is 5.32 Å². The minimum Gasteiger partial charge on any atom is -0.320 e. The molecular formula is C22H21ClN2O3S. The van der Waals surface area contributed by atoms with Gasteiger partial charge in [0.05, 0.1) is 21.3 Å². The third kappa shape index (κ3) is 4.44. The van der Waals surface area contributed by atoms with Crippen LogP contribution in [0.15, 0.2) is 71.6 Å². The molecule has 0 saturated carbocycles. The molecule has 0 atom stereocenters. The molecule has 0 aliphatic heterocycles. The Balaban J connectivity index is 1.82. The van der Waals surface area contributed by atoms with Crippen LogP contribution in [0.2, 0.25) is 5.02 Å². The summed E-state index contributed by atoms with van der Waals surface area (Å²) in [6.07, 6.45) is 0. The molecule has 1 amide bonds. The van der Waals surface area contributed by atoms with Crippen molar-refractivity contribution in [2.75, 3.05) is 16.7 Å². The molecule has 0 aromatic heterocycles. The summed E-state index contributed by atoms with van der Waals surface area (Å²) in [6.45, 7) is 3.79. The Morgan fingerprint density at radius 1 is 0.966 bits per heavy atom.